The molecule has 1 aliphatic carbocycles. The summed E-state index contributed by atoms with van der Waals surface area (Å²) < 4.78 is 5.69. The van der Waals surface area contributed by atoms with E-state index in [1.54, 1.807) is 0 Å². The molecule has 1 fully saturated rings. The molecule has 0 saturated heterocycles. The molecule has 21 heavy (non-hydrogen) atoms. The quantitative estimate of drug-likeness (QED) is 0.826. The topological polar surface area (TPSA) is 38.3 Å². The number of methoxy groups -OCH3 is 1. The predicted octanol–water partition coefficient (Wildman–Crippen LogP) is 4.15. The number of rotatable bonds is 4. The summed E-state index contributed by atoms with van der Waals surface area (Å²) in [7, 11) is 1.40. The molecule has 0 bridgehead atoms. The van der Waals surface area contributed by atoms with Crippen molar-refractivity contribution >= 4 is 21.9 Å². The van der Waals surface area contributed by atoms with Gasteiger partial charge < -0.3 is 10.1 Å². The smallest absolute Gasteiger partial charge is 0.337 e. The molecule has 1 saturated carbocycles. The molecule has 116 valence electrons. The summed E-state index contributed by atoms with van der Waals surface area (Å²) in [6.07, 6.45) is 3.87. The Morgan fingerprint density at radius 3 is 2.76 bits per heavy atom. The third kappa shape index (κ3) is 4.30. The second-order valence-electron chi connectivity index (χ2n) is 6.18. The number of nitrogens with one attached hydrogen (secondary N) is 1. The fraction of sp³-hybridized carbons (Fsp3) is 0.588. The third-order valence-electron chi connectivity index (χ3n) is 4.46. The summed E-state index contributed by atoms with van der Waals surface area (Å²) in [5.41, 5.74) is 1.75. The molecule has 0 radical (unpaired) electrons. The van der Waals surface area contributed by atoms with Crippen LogP contribution in [0.4, 0.5) is 0 Å². The van der Waals surface area contributed by atoms with Crippen LogP contribution < -0.4 is 5.32 Å². The molecule has 1 aliphatic rings. The normalized spacial score (nSPS) is 25.6. The van der Waals surface area contributed by atoms with Gasteiger partial charge in [-0.1, -0.05) is 35.8 Å². The van der Waals surface area contributed by atoms with Gasteiger partial charge in [0, 0.05) is 17.1 Å². The van der Waals surface area contributed by atoms with E-state index in [9.17, 15) is 4.79 Å². The summed E-state index contributed by atoms with van der Waals surface area (Å²) in [6.45, 7) is 5.50. The molecule has 4 heteroatoms. The van der Waals surface area contributed by atoms with Crippen molar-refractivity contribution in [2.75, 3.05) is 7.11 Å². The first-order valence-corrected chi connectivity index (χ1v) is 8.40. The average molecular weight is 354 g/mol. The van der Waals surface area contributed by atoms with Crippen LogP contribution in [-0.2, 0) is 11.3 Å². The van der Waals surface area contributed by atoms with E-state index in [0.717, 1.165) is 22.9 Å². The van der Waals surface area contributed by atoms with Gasteiger partial charge in [-0.25, -0.2) is 4.79 Å². The zero-order valence-corrected chi connectivity index (χ0v) is 14.6. The molecular formula is C17H24BrNO2. The molecule has 0 spiro atoms. The van der Waals surface area contributed by atoms with E-state index in [2.05, 4.69) is 35.1 Å². The number of carbonyl (C=O) groups is 1. The van der Waals surface area contributed by atoms with Gasteiger partial charge in [-0.05, 0) is 48.8 Å². The molecule has 2 rings (SSSR count). The maximum atomic E-state index is 11.5. The van der Waals surface area contributed by atoms with Gasteiger partial charge >= 0.3 is 5.97 Å². The van der Waals surface area contributed by atoms with Gasteiger partial charge in [0.25, 0.3) is 0 Å². The summed E-state index contributed by atoms with van der Waals surface area (Å²) in [6, 6.07) is 6.22. The van der Waals surface area contributed by atoms with E-state index in [1.807, 2.05) is 18.2 Å². The summed E-state index contributed by atoms with van der Waals surface area (Å²) in [5.74, 6) is 1.27. The minimum Gasteiger partial charge on any atom is -0.465 e. The minimum absolute atomic E-state index is 0.301. The van der Waals surface area contributed by atoms with Gasteiger partial charge in [0.15, 0.2) is 0 Å². The van der Waals surface area contributed by atoms with Crippen LogP contribution in [0.3, 0.4) is 0 Å². The largest absolute Gasteiger partial charge is 0.465 e. The first-order chi connectivity index (χ1) is 10.0. The molecular weight excluding hydrogens is 330 g/mol. The molecule has 0 heterocycles. The van der Waals surface area contributed by atoms with Crippen LogP contribution in [0.15, 0.2) is 22.7 Å². The van der Waals surface area contributed by atoms with Gasteiger partial charge in [-0.3, -0.25) is 0 Å². The maximum absolute atomic E-state index is 11.5. The van der Waals surface area contributed by atoms with Crippen molar-refractivity contribution in [3.8, 4) is 0 Å². The number of carbonyl (C=O) groups excluding carboxylic acids is 1. The lowest BCUT2D eigenvalue weighted by atomic mass is 9.80. The predicted molar refractivity (Wildman–Crippen MR) is 88.3 cm³/mol. The highest BCUT2D eigenvalue weighted by Gasteiger charge is 2.24. The average Bonchev–Trinajstić information content (AvgIpc) is 2.46. The Morgan fingerprint density at radius 2 is 2.14 bits per heavy atom. The van der Waals surface area contributed by atoms with Gasteiger partial charge in [0.1, 0.15) is 0 Å². The van der Waals surface area contributed by atoms with Crippen molar-refractivity contribution in [2.45, 2.75) is 45.7 Å². The Hall–Kier alpha value is -0.870. The Bertz CT molecular complexity index is 504. The molecule has 0 aliphatic heterocycles. The van der Waals surface area contributed by atoms with Crippen molar-refractivity contribution in [1.82, 2.24) is 5.32 Å². The van der Waals surface area contributed by atoms with Crippen molar-refractivity contribution in [3.63, 3.8) is 0 Å². The molecule has 3 atom stereocenters. The van der Waals surface area contributed by atoms with Crippen molar-refractivity contribution in [3.05, 3.63) is 33.8 Å². The maximum Gasteiger partial charge on any atom is 0.337 e. The van der Waals surface area contributed by atoms with Crippen LogP contribution >= 0.6 is 15.9 Å². The summed E-state index contributed by atoms with van der Waals surface area (Å²) >= 11 is 3.55. The van der Waals surface area contributed by atoms with E-state index in [1.165, 1.54) is 31.9 Å². The SMILES string of the molecule is COC(=O)c1ccc(CNC2CCC(C)CC2C)c(Br)c1. The number of benzene rings is 1. The highest BCUT2D eigenvalue weighted by molar-refractivity contribution is 9.10. The van der Waals surface area contributed by atoms with E-state index < -0.39 is 0 Å². The van der Waals surface area contributed by atoms with Gasteiger partial charge in [-0.15, -0.1) is 0 Å². The number of halogens is 1. The second kappa shape index (κ2) is 7.41. The molecule has 0 amide bonds. The lowest BCUT2D eigenvalue weighted by Gasteiger charge is -2.33. The number of hydrogen-bond acceptors (Lipinski definition) is 3. The lowest BCUT2D eigenvalue weighted by molar-refractivity contribution is 0.0600. The molecule has 3 nitrogen and oxygen atoms in total. The van der Waals surface area contributed by atoms with Crippen LogP contribution in [-0.4, -0.2) is 19.1 Å². The highest BCUT2D eigenvalue weighted by atomic mass is 79.9. The number of esters is 1. The fourth-order valence-electron chi connectivity index (χ4n) is 3.15. The van der Waals surface area contributed by atoms with Crippen molar-refractivity contribution in [2.24, 2.45) is 11.8 Å². The fourth-order valence-corrected chi connectivity index (χ4v) is 3.66. The monoisotopic (exact) mass is 353 g/mol. The van der Waals surface area contributed by atoms with Gasteiger partial charge in [0.2, 0.25) is 0 Å². The molecule has 0 aromatic heterocycles. The van der Waals surface area contributed by atoms with Crippen LogP contribution in [0.25, 0.3) is 0 Å². The van der Waals surface area contributed by atoms with Crippen molar-refractivity contribution in [1.29, 1.82) is 0 Å². The Labute approximate surface area is 135 Å². The summed E-state index contributed by atoms with van der Waals surface area (Å²) in [5, 5.41) is 3.67. The van der Waals surface area contributed by atoms with Crippen LogP contribution in [0, 0.1) is 11.8 Å². The standard InChI is InChI=1S/C17H24BrNO2/c1-11-4-7-16(12(2)8-11)19-10-14-6-5-13(9-15(14)18)17(20)21-3/h5-6,9,11-12,16,19H,4,7-8,10H2,1-3H3. The van der Waals surface area contributed by atoms with Crippen LogP contribution in [0.2, 0.25) is 0 Å². The van der Waals surface area contributed by atoms with E-state index in [0.29, 0.717) is 11.6 Å². The van der Waals surface area contributed by atoms with E-state index in [-0.39, 0.29) is 5.97 Å². The zero-order chi connectivity index (χ0) is 15.4. The summed E-state index contributed by atoms with van der Waals surface area (Å²) in [4.78, 5) is 11.5. The van der Waals surface area contributed by atoms with E-state index >= 15 is 0 Å². The number of hydrogen-bond donors (Lipinski definition) is 1. The molecule has 1 aromatic rings. The van der Waals surface area contributed by atoms with E-state index in [4.69, 9.17) is 4.74 Å². The minimum atomic E-state index is -0.301. The highest BCUT2D eigenvalue weighted by Crippen LogP contribution is 2.29. The molecule has 3 unspecified atom stereocenters. The lowest BCUT2D eigenvalue weighted by Crippen LogP contribution is -2.38. The Kier molecular flexibility index (Phi) is 5.82. The number of ether oxygens (including phenoxy) is 1. The van der Waals surface area contributed by atoms with Crippen molar-refractivity contribution < 1.29 is 9.53 Å². The zero-order valence-electron chi connectivity index (χ0n) is 13.0. The van der Waals surface area contributed by atoms with Crippen LogP contribution in [0.1, 0.15) is 49.0 Å². The Balaban J connectivity index is 1.96. The third-order valence-corrected chi connectivity index (χ3v) is 5.20. The second-order valence-corrected chi connectivity index (χ2v) is 7.04. The van der Waals surface area contributed by atoms with Gasteiger partial charge in [-0.2, -0.15) is 0 Å². The first-order valence-electron chi connectivity index (χ1n) is 7.61. The first kappa shape index (κ1) is 16.5. The Morgan fingerprint density at radius 1 is 1.38 bits per heavy atom. The van der Waals surface area contributed by atoms with Gasteiger partial charge in [0.05, 0.1) is 12.7 Å². The molecule has 1 aromatic carbocycles. The molecule has 1 N–H and O–H groups in total. The van der Waals surface area contributed by atoms with Crippen LogP contribution in [0.5, 0.6) is 0 Å².